The van der Waals surface area contributed by atoms with E-state index in [1.807, 2.05) is 22.6 Å². The van der Waals surface area contributed by atoms with E-state index in [-0.39, 0.29) is 11.9 Å². The fraction of sp³-hybridized carbons (Fsp3) is 0.611. The molecule has 1 fully saturated rings. The molecule has 3 heterocycles. The van der Waals surface area contributed by atoms with E-state index in [9.17, 15) is 4.79 Å². The van der Waals surface area contributed by atoms with Gasteiger partial charge >= 0.3 is 0 Å². The van der Waals surface area contributed by atoms with Gasteiger partial charge in [0.2, 0.25) is 0 Å². The first-order valence-electron chi connectivity index (χ1n) is 8.95. The van der Waals surface area contributed by atoms with Gasteiger partial charge in [0.05, 0.1) is 30.6 Å². The van der Waals surface area contributed by atoms with Crippen LogP contribution in [0.3, 0.4) is 0 Å². The summed E-state index contributed by atoms with van der Waals surface area (Å²) in [6.07, 6.45) is 5.15. The summed E-state index contributed by atoms with van der Waals surface area (Å²) in [6.45, 7) is 6.29. The van der Waals surface area contributed by atoms with Gasteiger partial charge < -0.3 is 14.2 Å². The average molecular weight is 344 g/mol. The molecule has 0 bridgehead atoms. The average Bonchev–Trinajstić information content (AvgIpc) is 3.26. The molecule has 0 N–H and O–H groups in total. The van der Waals surface area contributed by atoms with Crippen molar-refractivity contribution in [2.75, 3.05) is 13.2 Å². The van der Waals surface area contributed by atoms with Crippen LogP contribution in [-0.2, 0) is 17.8 Å². The number of rotatable bonds is 5. The third-order valence-corrected chi connectivity index (χ3v) is 5.12. The summed E-state index contributed by atoms with van der Waals surface area (Å²) in [4.78, 5) is 15.2. The molecular formula is C18H24N4O3. The lowest BCUT2D eigenvalue weighted by atomic mass is 10.1. The standard InChI is InChI=1S/C18H24N4O3/c1-12-17(13(2)25-20-12)18(23)21-9-15-5-7-19-22(15)8-6-16(21)11-24-10-14-3-4-14/h5,7,14,16H,3-4,6,8-11H2,1-2H3/t16-/m0/s1. The number of hydrogen-bond acceptors (Lipinski definition) is 5. The van der Waals surface area contributed by atoms with Gasteiger partial charge in [-0.1, -0.05) is 5.16 Å². The van der Waals surface area contributed by atoms with Crippen molar-refractivity contribution in [2.45, 2.75) is 52.2 Å². The molecule has 4 rings (SSSR count). The number of nitrogens with zero attached hydrogens (tertiary/aromatic N) is 4. The summed E-state index contributed by atoms with van der Waals surface area (Å²) in [7, 11) is 0. The topological polar surface area (TPSA) is 73.4 Å². The number of aryl methyl sites for hydroxylation is 3. The normalized spacial score (nSPS) is 20.4. The highest BCUT2D eigenvalue weighted by Crippen LogP contribution is 2.29. The van der Waals surface area contributed by atoms with Crippen molar-refractivity contribution in [3.05, 3.63) is 35.0 Å². The van der Waals surface area contributed by atoms with Crippen molar-refractivity contribution in [3.63, 3.8) is 0 Å². The maximum atomic E-state index is 13.2. The van der Waals surface area contributed by atoms with Crippen molar-refractivity contribution >= 4 is 5.91 Å². The second-order valence-corrected chi connectivity index (χ2v) is 7.10. The Morgan fingerprint density at radius 2 is 2.16 bits per heavy atom. The first kappa shape index (κ1) is 16.3. The molecule has 1 aliphatic carbocycles. The Morgan fingerprint density at radius 3 is 2.88 bits per heavy atom. The Kier molecular flexibility index (Phi) is 4.33. The molecule has 0 saturated heterocycles. The summed E-state index contributed by atoms with van der Waals surface area (Å²) in [5.41, 5.74) is 2.25. The van der Waals surface area contributed by atoms with Crippen LogP contribution in [0, 0.1) is 19.8 Å². The van der Waals surface area contributed by atoms with Crippen LogP contribution in [0.1, 0.15) is 46.8 Å². The monoisotopic (exact) mass is 344 g/mol. The van der Waals surface area contributed by atoms with Crippen LogP contribution in [0.25, 0.3) is 0 Å². The van der Waals surface area contributed by atoms with Gasteiger partial charge in [0, 0.05) is 19.3 Å². The molecule has 1 amide bonds. The third kappa shape index (κ3) is 3.33. The summed E-state index contributed by atoms with van der Waals surface area (Å²) >= 11 is 0. The van der Waals surface area contributed by atoms with Crippen LogP contribution in [-0.4, -0.2) is 45.0 Å². The molecule has 1 atom stereocenters. The molecule has 0 spiro atoms. The van der Waals surface area contributed by atoms with Gasteiger partial charge in [-0.15, -0.1) is 0 Å². The van der Waals surface area contributed by atoms with Crippen LogP contribution in [0.15, 0.2) is 16.8 Å². The molecule has 0 unspecified atom stereocenters. The molecule has 2 aromatic heterocycles. The number of ether oxygens (including phenoxy) is 1. The lowest BCUT2D eigenvalue weighted by Gasteiger charge is -2.29. The number of hydrogen-bond donors (Lipinski definition) is 0. The minimum atomic E-state index is -0.0362. The summed E-state index contributed by atoms with van der Waals surface area (Å²) in [5.74, 6) is 1.25. The van der Waals surface area contributed by atoms with Crippen molar-refractivity contribution in [3.8, 4) is 0 Å². The molecule has 2 aromatic rings. The largest absolute Gasteiger partial charge is 0.379 e. The number of aromatic nitrogens is 3. The van der Waals surface area contributed by atoms with E-state index < -0.39 is 0 Å². The lowest BCUT2D eigenvalue weighted by molar-refractivity contribution is 0.0369. The van der Waals surface area contributed by atoms with Gasteiger partial charge in [-0.3, -0.25) is 9.48 Å². The fourth-order valence-corrected chi connectivity index (χ4v) is 3.42. The van der Waals surface area contributed by atoms with Crippen molar-refractivity contribution in [1.29, 1.82) is 0 Å². The van der Waals surface area contributed by atoms with Crippen molar-refractivity contribution in [1.82, 2.24) is 19.8 Å². The third-order valence-electron chi connectivity index (χ3n) is 5.12. The van der Waals surface area contributed by atoms with Crippen LogP contribution >= 0.6 is 0 Å². The number of carbonyl (C=O) groups excluding carboxylic acids is 1. The predicted molar refractivity (Wildman–Crippen MR) is 90.0 cm³/mol. The van der Waals surface area contributed by atoms with Crippen LogP contribution < -0.4 is 0 Å². The summed E-state index contributed by atoms with van der Waals surface area (Å²) in [5, 5.41) is 8.31. The van der Waals surface area contributed by atoms with Gasteiger partial charge in [-0.2, -0.15) is 5.10 Å². The minimum absolute atomic E-state index is 0.0293. The first-order chi connectivity index (χ1) is 12.1. The zero-order valence-electron chi connectivity index (χ0n) is 14.8. The van der Waals surface area contributed by atoms with E-state index in [4.69, 9.17) is 9.26 Å². The Balaban J connectivity index is 1.57. The SMILES string of the molecule is Cc1noc(C)c1C(=O)N1Cc2ccnn2CC[C@H]1COCC1CC1. The molecule has 7 nitrogen and oxygen atoms in total. The van der Waals surface area contributed by atoms with Crippen molar-refractivity contribution < 1.29 is 14.1 Å². The molecular weight excluding hydrogens is 320 g/mol. The molecule has 0 aromatic carbocycles. The Labute approximate surface area is 146 Å². The maximum absolute atomic E-state index is 13.2. The molecule has 1 saturated carbocycles. The summed E-state index contributed by atoms with van der Waals surface area (Å²) in [6, 6.07) is 2.00. The Bertz CT molecular complexity index is 743. The Hall–Kier alpha value is -2.15. The number of amides is 1. The second-order valence-electron chi connectivity index (χ2n) is 7.10. The molecule has 25 heavy (non-hydrogen) atoms. The van der Waals surface area contributed by atoms with Crippen LogP contribution in [0.4, 0.5) is 0 Å². The molecule has 134 valence electrons. The minimum Gasteiger partial charge on any atom is -0.379 e. The van der Waals surface area contributed by atoms with Crippen molar-refractivity contribution in [2.24, 2.45) is 5.92 Å². The highest BCUT2D eigenvalue weighted by atomic mass is 16.5. The second kappa shape index (κ2) is 6.63. The molecule has 0 radical (unpaired) electrons. The zero-order chi connectivity index (χ0) is 17.4. The van der Waals surface area contributed by atoms with Crippen LogP contribution in [0.5, 0.6) is 0 Å². The lowest BCUT2D eigenvalue weighted by Crippen LogP contribution is -2.42. The molecule has 2 aliphatic rings. The zero-order valence-corrected chi connectivity index (χ0v) is 14.8. The van der Waals surface area contributed by atoms with E-state index in [2.05, 4.69) is 10.3 Å². The van der Waals surface area contributed by atoms with E-state index in [0.29, 0.717) is 36.1 Å². The highest BCUT2D eigenvalue weighted by Gasteiger charge is 2.32. The summed E-state index contributed by atoms with van der Waals surface area (Å²) < 4.78 is 13.1. The van der Waals surface area contributed by atoms with E-state index >= 15 is 0 Å². The Morgan fingerprint density at radius 1 is 1.32 bits per heavy atom. The van der Waals surface area contributed by atoms with E-state index in [1.165, 1.54) is 12.8 Å². The van der Waals surface area contributed by atoms with Crippen LogP contribution in [0.2, 0.25) is 0 Å². The molecule has 1 aliphatic heterocycles. The van der Waals surface area contributed by atoms with E-state index in [0.717, 1.165) is 25.3 Å². The number of fused-ring (bicyclic) bond motifs is 1. The fourth-order valence-electron chi connectivity index (χ4n) is 3.42. The maximum Gasteiger partial charge on any atom is 0.260 e. The predicted octanol–water partition coefficient (Wildman–Crippen LogP) is 2.33. The molecule has 7 heteroatoms. The smallest absolute Gasteiger partial charge is 0.260 e. The van der Waals surface area contributed by atoms with Gasteiger partial charge in [0.25, 0.3) is 5.91 Å². The van der Waals surface area contributed by atoms with Gasteiger partial charge in [-0.05, 0) is 45.1 Å². The van der Waals surface area contributed by atoms with E-state index in [1.54, 1.807) is 13.1 Å². The van der Waals surface area contributed by atoms with Gasteiger partial charge in [0.1, 0.15) is 11.3 Å². The number of carbonyl (C=O) groups is 1. The first-order valence-corrected chi connectivity index (χ1v) is 8.95. The van der Waals surface area contributed by atoms with Gasteiger partial charge in [-0.25, -0.2) is 0 Å². The quantitative estimate of drug-likeness (QED) is 0.832. The van der Waals surface area contributed by atoms with Gasteiger partial charge in [0.15, 0.2) is 0 Å². The highest BCUT2D eigenvalue weighted by molar-refractivity contribution is 5.96.